The maximum Gasteiger partial charge on any atom is 0.197 e. The van der Waals surface area contributed by atoms with E-state index in [-0.39, 0.29) is 12.5 Å². The van der Waals surface area contributed by atoms with E-state index in [1.54, 1.807) is 11.3 Å². The number of fused-ring (bicyclic) bond motifs is 3. The second-order valence-electron chi connectivity index (χ2n) is 4.67. The number of hydrazone groups is 1. The number of hydrogen-bond donors (Lipinski definition) is 4. The maximum absolute atomic E-state index is 8.99. The van der Waals surface area contributed by atoms with Crippen molar-refractivity contribution in [3.05, 3.63) is 10.6 Å². The second kappa shape index (κ2) is 5.32. The molecular weight excluding hydrogens is 264 g/mol. The molecule has 0 spiro atoms. The van der Waals surface area contributed by atoms with Gasteiger partial charge < -0.3 is 15.4 Å². The van der Waals surface area contributed by atoms with Crippen LogP contribution in [-0.2, 0) is 6.42 Å². The number of anilines is 1. The number of amidine groups is 1. The number of thiazole rings is 1. The molecule has 0 fully saturated rings. The van der Waals surface area contributed by atoms with Gasteiger partial charge in [-0.1, -0.05) is 0 Å². The number of rotatable bonds is 4. The van der Waals surface area contributed by atoms with Crippen LogP contribution in [0, 0.1) is 0 Å². The Morgan fingerprint density at radius 3 is 3.26 bits per heavy atom. The molecule has 0 bridgehead atoms. The highest BCUT2D eigenvalue weighted by Crippen LogP contribution is 2.34. The third-order valence-corrected chi connectivity index (χ3v) is 4.56. The molecule has 0 radical (unpaired) electrons. The molecule has 2 aliphatic rings. The number of nitrogens with one attached hydrogen (secondary N) is 2. The van der Waals surface area contributed by atoms with Crippen LogP contribution in [0.25, 0.3) is 0 Å². The topological polar surface area (TPSA) is 98.8 Å². The smallest absolute Gasteiger partial charge is 0.197 e. The number of nitrogen functional groups attached to an aromatic ring is 1. The van der Waals surface area contributed by atoms with E-state index in [0.29, 0.717) is 0 Å². The van der Waals surface area contributed by atoms with E-state index in [4.69, 9.17) is 10.9 Å². The number of nitrogens with two attached hydrogens (primary N) is 1. The van der Waals surface area contributed by atoms with Crippen LogP contribution in [0.5, 0.6) is 0 Å². The Kier molecular flexibility index (Phi) is 3.54. The van der Waals surface area contributed by atoms with Crippen LogP contribution in [-0.4, -0.2) is 47.1 Å². The van der Waals surface area contributed by atoms with Crippen molar-refractivity contribution in [3.8, 4) is 0 Å². The fourth-order valence-corrected chi connectivity index (χ4v) is 3.53. The average Bonchev–Trinajstić information content (AvgIpc) is 3.02. The molecule has 1 atom stereocenters. The first-order valence-corrected chi connectivity index (χ1v) is 7.27. The van der Waals surface area contributed by atoms with Crippen molar-refractivity contribution in [2.24, 2.45) is 10.9 Å². The number of aliphatic hydroxyl groups is 1. The molecule has 19 heavy (non-hydrogen) atoms. The zero-order chi connectivity index (χ0) is 13.2. The normalized spacial score (nSPS) is 21.3. The molecule has 0 aromatic carbocycles. The van der Waals surface area contributed by atoms with Crippen molar-refractivity contribution >= 4 is 22.3 Å². The Hall–Kier alpha value is -1.38. The number of aromatic nitrogens is 1. The van der Waals surface area contributed by atoms with Crippen LogP contribution < -0.4 is 16.7 Å². The largest absolute Gasteiger partial charge is 0.396 e. The van der Waals surface area contributed by atoms with E-state index in [0.717, 1.165) is 49.1 Å². The van der Waals surface area contributed by atoms with E-state index in [1.165, 1.54) is 4.88 Å². The summed E-state index contributed by atoms with van der Waals surface area (Å²) in [7, 11) is 0. The van der Waals surface area contributed by atoms with Crippen LogP contribution in [0.15, 0.2) is 5.10 Å². The molecule has 3 rings (SSSR count). The molecule has 7 nitrogen and oxygen atoms in total. The van der Waals surface area contributed by atoms with Crippen LogP contribution in [0.4, 0.5) is 5.13 Å². The molecule has 104 valence electrons. The molecule has 0 aliphatic carbocycles. The van der Waals surface area contributed by atoms with Gasteiger partial charge in [-0.25, -0.2) is 10.8 Å². The highest BCUT2D eigenvalue weighted by atomic mass is 32.1. The van der Waals surface area contributed by atoms with Crippen molar-refractivity contribution in [1.29, 1.82) is 0 Å². The van der Waals surface area contributed by atoms with Gasteiger partial charge in [-0.05, 0) is 6.42 Å². The highest BCUT2D eigenvalue weighted by Gasteiger charge is 2.34. The van der Waals surface area contributed by atoms with E-state index in [9.17, 15) is 0 Å². The van der Waals surface area contributed by atoms with Crippen molar-refractivity contribution in [1.82, 2.24) is 15.3 Å². The fraction of sp³-hybridized carbons (Fsp3) is 0.636. The van der Waals surface area contributed by atoms with Gasteiger partial charge in [0.2, 0.25) is 0 Å². The van der Waals surface area contributed by atoms with Crippen molar-refractivity contribution in [2.75, 3.05) is 31.7 Å². The summed E-state index contributed by atoms with van der Waals surface area (Å²) in [5, 5.41) is 14.2. The lowest BCUT2D eigenvalue weighted by molar-refractivity contribution is 0.266. The standard InChI is InChI=1S/C11H18N6OS/c12-15-11-14-9-7-6-13-16-10(7)17(3-1-5-18)4-2-8(9)19-11/h7,13,18H,1-6,12H2,(H,14,15). The Bertz CT molecular complexity index is 488. The number of hydrogen-bond acceptors (Lipinski definition) is 8. The Balaban J connectivity index is 1.88. The average molecular weight is 282 g/mol. The Morgan fingerprint density at radius 2 is 2.47 bits per heavy atom. The van der Waals surface area contributed by atoms with Crippen LogP contribution in [0.1, 0.15) is 22.9 Å². The fourth-order valence-electron chi connectivity index (χ4n) is 2.61. The monoisotopic (exact) mass is 282 g/mol. The molecule has 3 heterocycles. The van der Waals surface area contributed by atoms with Gasteiger partial charge in [0.25, 0.3) is 0 Å². The van der Waals surface area contributed by atoms with Gasteiger partial charge in [-0.15, -0.1) is 11.3 Å². The SMILES string of the molecule is NNc1nc2c(s1)CCN(CCCO)C1=NNCC12. The van der Waals surface area contributed by atoms with Gasteiger partial charge in [0.1, 0.15) is 5.84 Å². The molecule has 0 saturated carbocycles. The van der Waals surface area contributed by atoms with E-state index < -0.39 is 0 Å². The first kappa shape index (κ1) is 12.6. The molecule has 8 heteroatoms. The zero-order valence-corrected chi connectivity index (χ0v) is 11.4. The second-order valence-corrected chi connectivity index (χ2v) is 5.75. The number of hydrazine groups is 1. The van der Waals surface area contributed by atoms with Gasteiger partial charge in [0.05, 0.1) is 11.6 Å². The lowest BCUT2D eigenvalue weighted by atomic mass is 10.0. The third-order valence-electron chi connectivity index (χ3n) is 3.50. The minimum Gasteiger partial charge on any atom is -0.396 e. The number of aliphatic hydroxyl groups excluding tert-OH is 1. The lowest BCUT2D eigenvalue weighted by Gasteiger charge is -2.24. The summed E-state index contributed by atoms with van der Waals surface area (Å²) in [6, 6.07) is 0. The van der Waals surface area contributed by atoms with Crippen molar-refractivity contribution < 1.29 is 5.11 Å². The molecule has 1 aromatic heterocycles. The van der Waals surface area contributed by atoms with Crippen LogP contribution in [0.2, 0.25) is 0 Å². The minimum absolute atomic E-state index is 0.203. The van der Waals surface area contributed by atoms with Gasteiger partial charge >= 0.3 is 0 Å². The molecule has 5 N–H and O–H groups in total. The molecule has 0 saturated heterocycles. The Labute approximate surface area is 115 Å². The molecule has 0 amide bonds. The van der Waals surface area contributed by atoms with Gasteiger partial charge in [-0.3, -0.25) is 5.43 Å². The van der Waals surface area contributed by atoms with Gasteiger partial charge in [-0.2, -0.15) is 5.10 Å². The van der Waals surface area contributed by atoms with Crippen molar-refractivity contribution in [2.45, 2.75) is 18.8 Å². The summed E-state index contributed by atoms with van der Waals surface area (Å²) in [6.07, 6.45) is 1.72. The van der Waals surface area contributed by atoms with Crippen molar-refractivity contribution in [3.63, 3.8) is 0 Å². The summed E-state index contributed by atoms with van der Waals surface area (Å²) in [5.41, 5.74) is 6.78. The minimum atomic E-state index is 0.203. The molecule has 1 unspecified atom stereocenters. The molecular formula is C11H18N6OS. The Morgan fingerprint density at radius 1 is 1.58 bits per heavy atom. The lowest BCUT2D eigenvalue weighted by Crippen LogP contribution is -2.35. The molecule has 2 aliphatic heterocycles. The molecule has 1 aromatic rings. The quantitative estimate of drug-likeness (QED) is 0.446. The summed E-state index contributed by atoms with van der Waals surface area (Å²) >= 11 is 1.62. The predicted molar refractivity (Wildman–Crippen MR) is 75.1 cm³/mol. The van der Waals surface area contributed by atoms with Gasteiger partial charge in [0, 0.05) is 37.5 Å². The zero-order valence-electron chi connectivity index (χ0n) is 10.6. The first-order chi connectivity index (χ1) is 9.33. The first-order valence-electron chi connectivity index (χ1n) is 6.46. The van der Waals surface area contributed by atoms with Crippen LogP contribution >= 0.6 is 11.3 Å². The van der Waals surface area contributed by atoms with E-state index >= 15 is 0 Å². The summed E-state index contributed by atoms with van der Waals surface area (Å²) in [5.74, 6) is 6.69. The summed E-state index contributed by atoms with van der Waals surface area (Å²) in [4.78, 5) is 8.11. The van der Waals surface area contributed by atoms with E-state index in [1.807, 2.05) is 0 Å². The maximum atomic E-state index is 8.99. The third kappa shape index (κ3) is 2.26. The van der Waals surface area contributed by atoms with E-state index in [2.05, 4.69) is 25.8 Å². The summed E-state index contributed by atoms with van der Waals surface area (Å²) in [6.45, 7) is 2.75. The van der Waals surface area contributed by atoms with Gasteiger partial charge in [0.15, 0.2) is 5.13 Å². The summed E-state index contributed by atoms with van der Waals surface area (Å²) < 4.78 is 0. The highest BCUT2D eigenvalue weighted by molar-refractivity contribution is 7.15. The number of nitrogens with zero attached hydrogens (tertiary/aromatic N) is 3. The van der Waals surface area contributed by atoms with Crippen LogP contribution in [0.3, 0.4) is 0 Å². The predicted octanol–water partition coefficient (Wildman–Crippen LogP) is -0.331.